The topological polar surface area (TPSA) is 46.5 Å². The molecule has 108 valence electrons. The highest BCUT2D eigenvalue weighted by Gasteiger charge is 2.45. The van der Waals surface area contributed by atoms with Gasteiger partial charge in [-0.3, -0.25) is 4.79 Å². The number of rotatable bonds is 3. The van der Waals surface area contributed by atoms with Gasteiger partial charge < -0.3 is 9.84 Å². The SMILES string of the molecule is O=C(O)C(c1ccc(Cl)cc1)C1CCOC2(CCC2)C1. The highest BCUT2D eigenvalue weighted by Crippen LogP contribution is 2.47. The number of carboxylic acids is 1. The summed E-state index contributed by atoms with van der Waals surface area (Å²) in [5.74, 6) is -1.04. The summed E-state index contributed by atoms with van der Waals surface area (Å²) < 4.78 is 5.90. The van der Waals surface area contributed by atoms with Crippen molar-refractivity contribution in [3.63, 3.8) is 0 Å². The van der Waals surface area contributed by atoms with Gasteiger partial charge in [0.15, 0.2) is 0 Å². The van der Waals surface area contributed by atoms with Gasteiger partial charge in [0, 0.05) is 11.6 Å². The second-order valence-corrected chi connectivity index (χ2v) is 6.44. The molecule has 1 heterocycles. The van der Waals surface area contributed by atoms with Crippen LogP contribution in [0.1, 0.15) is 43.6 Å². The third kappa shape index (κ3) is 2.57. The average Bonchev–Trinajstić information content (AvgIpc) is 2.39. The first kappa shape index (κ1) is 13.9. The van der Waals surface area contributed by atoms with Crippen molar-refractivity contribution in [1.82, 2.24) is 0 Å². The lowest BCUT2D eigenvalue weighted by atomic mass is 9.68. The molecule has 0 bridgehead atoms. The molecule has 1 spiro atoms. The van der Waals surface area contributed by atoms with Gasteiger partial charge in [-0.1, -0.05) is 23.7 Å². The molecule has 0 radical (unpaired) electrons. The zero-order valence-electron chi connectivity index (χ0n) is 11.3. The van der Waals surface area contributed by atoms with Gasteiger partial charge in [0.05, 0.1) is 11.5 Å². The molecular formula is C16H19ClO3. The summed E-state index contributed by atoms with van der Waals surface area (Å²) in [5.41, 5.74) is 0.825. The Morgan fingerprint density at radius 3 is 2.60 bits per heavy atom. The minimum absolute atomic E-state index is 0.0248. The molecule has 2 atom stereocenters. The van der Waals surface area contributed by atoms with Crippen molar-refractivity contribution in [2.75, 3.05) is 6.61 Å². The first-order valence-electron chi connectivity index (χ1n) is 7.22. The third-order valence-electron chi connectivity index (χ3n) is 4.76. The van der Waals surface area contributed by atoms with Crippen LogP contribution in [0.3, 0.4) is 0 Å². The molecule has 1 saturated heterocycles. The Balaban J connectivity index is 1.83. The smallest absolute Gasteiger partial charge is 0.311 e. The van der Waals surface area contributed by atoms with Crippen LogP contribution in [0.15, 0.2) is 24.3 Å². The molecule has 2 unspecified atom stereocenters. The first-order valence-corrected chi connectivity index (χ1v) is 7.60. The van der Waals surface area contributed by atoms with Crippen LogP contribution in [0.5, 0.6) is 0 Å². The molecule has 1 N–H and O–H groups in total. The first-order chi connectivity index (χ1) is 9.60. The van der Waals surface area contributed by atoms with E-state index < -0.39 is 11.9 Å². The van der Waals surface area contributed by atoms with Gasteiger partial charge in [-0.15, -0.1) is 0 Å². The Hall–Kier alpha value is -1.06. The lowest BCUT2D eigenvalue weighted by Gasteiger charge is -2.48. The molecule has 4 heteroatoms. The van der Waals surface area contributed by atoms with Gasteiger partial charge in [0.25, 0.3) is 0 Å². The van der Waals surface area contributed by atoms with Crippen LogP contribution in [0, 0.1) is 5.92 Å². The Kier molecular flexibility index (Phi) is 3.74. The van der Waals surface area contributed by atoms with E-state index in [0.717, 1.165) is 31.2 Å². The van der Waals surface area contributed by atoms with Crippen molar-refractivity contribution in [3.05, 3.63) is 34.9 Å². The summed E-state index contributed by atoms with van der Waals surface area (Å²) in [6.45, 7) is 0.683. The molecule has 0 amide bonds. The maximum Gasteiger partial charge on any atom is 0.311 e. The molecule has 20 heavy (non-hydrogen) atoms. The van der Waals surface area contributed by atoms with E-state index in [4.69, 9.17) is 16.3 Å². The number of hydrogen-bond donors (Lipinski definition) is 1. The molecule has 2 fully saturated rings. The predicted octanol–water partition coefficient (Wildman–Crippen LogP) is 3.86. The molecule has 2 aliphatic rings. The zero-order valence-corrected chi connectivity index (χ0v) is 12.1. The van der Waals surface area contributed by atoms with E-state index in [1.54, 1.807) is 12.1 Å². The number of hydrogen-bond acceptors (Lipinski definition) is 2. The summed E-state index contributed by atoms with van der Waals surface area (Å²) in [4.78, 5) is 11.7. The third-order valence-corrected chi connectivity index (χ3v) is 5.01. The van der Waals surface area contributed by atoms with Gasteiger partial charge in [0.2, 0.25) is 0 Å². The lowest BCUT2D eigenvalue weighted by molar-refractivity contribution is -0.157. The summed E-state index contributed by atoms with van der Waals surface area (Å²) in [7, 11) is 0. The number of benzene rings is 1. The Morgan fingerprint density at radius 2 is 2.05 bits per heavy atom. The summed E-state index contributed by atoms with van der Waals surface area (Å²) >= 11 is 5.89. The summed E-state index contributed by atoms with van der Waals surface area (Å²) in [6, 6.07) is 7.21. The minimum Gasteiger partial charge on any atom is -0.481 e. The minimum atomic E-state index is -0.742. The second-order valence-electron chi connectivity index (χ2n) is 6.01. The monoisotopic (exact) mass is 294 g/mol. The molecule has 0 aromatic heterocycles. The molecule has 1 aliphatic heterocycles. The molecular weight excluding hydrogens is 276 g/mol. The van der Waals surface area contributed by atoms with Crippen molar-refractivity contribution in [2.45, 2.75) is 43.6 Å². The standard InChI is InChI=1S/C16H19ClO3/c17-13-4-2-11(3-5-13)14(15(18)19)12-6-9-20-16(10-12)7-1-8-16/h2-5,12,14H,1,6-10H2,(H,18,19). The number of carbonyl (C=O) groups is 1. The number of carboxylic acid groups (broad SMARTS) is 1. The van der Waals surface area contributed by atoms with E-state index in [-0.39, 0.29) is 11.5 Å². The Morgan fingerprint density at radius 1 is 1.35 bits per heavy atom. The number of ether oxygens (including phenoxy) is 1. The van der Waals surface area contributed by atoms with E-state index in [2.05, 4.69) is 0 Å². The number of aliphatic carboxylic acids is 1. The van der Waals surface area contributed by atoms with Crippen molar-refractivity contribution in [2.24, 2.45) is 5.92 Å². The van der Waals surface area contributed by atoms with Crippen molar-refractivity contribution in [1.29, 1.82) is 0 Å². The van der Waals surface area contributed by atoms with Crippen molar-refractivity contribution in [3.8, 4) is 0 Å². The molecule has 1 aliphatic carbocycles. The fourth-order valence-corrected chi connectivity index (χ4v) is 3.68. The van der Waals surface area contributed by atoms with Gasteiger partial charge in [-0.05, 0) is 55.7 Å². The van der Waals surface area contributed by atoms with E-state index >= 15 is 0 Å². The summed E-state index contributed by atoms with van der Waals surface area (Å²) in [5, 5.41) is 10.3. The largest absolute Gasteiger partial charge is 0.481 e. The molecule has 1 aromatic rings. The van der Waals surface area contributed by atoms with Crippen LogP contribution in [0.4, 0.5) is 0 Å². The fourth-order valence-electron chi connectivity index (χ4n) is 3.56. The quantitative estimate of drug-likeness (QED) is 0.921. The molecule has 3 rings (SSSR count). The van der Waals surface area contributed by atoms with Crippen LogP contribution < -0.4 is 0 Å². The van der Waals surface area contributed by atoms with E-state index in [1.807, 2.05) is 12.1 Å². The van der Waals surface area contributed by atoms with Crippen LogP contribution in [0.25, 0.3) is 0 Å². The van der Waals surface area contributed by atoms with E-state index in [0.29, 0.717) is 11.6 Å². The van der Waals surface area contributed by atoms with Gasteiger partial charge >= 0.3 is 5.97 Å². The van der Waals surface area contributed by atoms with Crippen molar-refractivity contribution < 1.29 is 14.6 Å². The van der Waals surface area contributed by atoms with Crippen LogP contribution in [0.2, 0.25) is 5.02 Å². The Bertz CT molecular complexity index is 493. The second kappa shape index (κ2) is 5.38. The summed E-state index contributed by atoms with van der Waals surface area (Å²) in [6.07, 6.45) is 5.05. The van der Waals surface area contributed by atoms with Gasteiger partial charge in [0.1, 0.15) is 0 Å². The fraction of sp³-hybridized carbons (Fsp3) is 0.562. The van der Waals surface area contributed by atoms with Crippen molar-refractivity contribution >= 4 is 17.6 Å². The van der Waals surface area contributed by atoms with Crippen LogP contribution >= 0.6 is 11.6 Å². The highest BCUT2D eigenvalue weighted by atomic mass is 35.5. The highest BCUT2D eigenvalue weighted by molar-refractivity contribution is 6.30. The van der Waals surface area contributed by atoms with E-state index in [1.165, 1.54) is 6.42 Å². The van der Waals surface area contributed by atoms with Crippen LogP contribution in [-0.2, 0) is 9.53 Å². The molecule has 3 nitrogen and oxygen atoms in total. The van der Waals surface area contributed by atoms with E-state index in [9.17, 15) is 9.90 Å². The normalized spacial score (nSPS) is 25.9. The molecule has 1 saturated carbocycles. The average molecular weight is 295 g/mol. The van der Waals surface area contributed by atoms with Crippen LogP contribution in [-0.4, -0.2) is 23.3 Å². The lowest BCUT2D eigenvalue weighted by Crippen LogP contribution is -2.47. The number of halogens is 1. The Labute approximate surface area is 123 Å². The van der Waals surface area contributed by atoms with Gasteiger partial charge in [-0.25, -0.2) is 0 Å². The van der Waals surface area contributed by atoms with Gasteiger partial charge in [-0.2, -0.15) is 0 Å². The molecule has 1 aromatic carbocycles. The maximum absolute atomic E-state index is 11.7. The maximum atomic E-state index is 11.7. The predicted molar refractivity (Wildman–Crippen MR) is 77.1 cm³/mol. The zero-order chi connectivity index (χ0) is 14.2.